The molecular formula is C16H20F2O2. The number of hydrogen-bond donors (Lipinski definition) is 0. The van der Waals surface area contributed by atoms with E-state index in [0.29, 0.717) is 5.41 Å². The second-order valence-electron chi connectivity index (χ2n) is 6.22. The lowest BCUT2D eigenvalue weighted by molar-refractivity contribution is 0.00847. The molecule has 0 heterocycles. The lowest BCUT2D eigenvalue weighted by Crippen LogP contribution is -2.28. The number of benzene rings is 1. The van der Waals surface area contributed by atoms with Crippen LogP contribution in [0.4, 0.5) is 8.78 Å². The van der Waals surface area contributed by atoms with Gasteiger partial charge in [-0.25, -0.2) is 8.78 Å². The first-order valence-corrected chi connectivity index (χ1v) is 6.97. The Balaban J connectivity index is 1.88. The molecule has 1 saturated carbocycles. The number of carbonyl (C=O) groups excluding carboxylic acids is 1. The summed E-state index contributed by atoms with van der Waals surface area (Å²) < 4.78 is 32.0. The monoisotopic (exact) mass is 282 g/mol. The highest BCUT2D eigenvalue weighted by Gasteiger charge is 2.27. The van der Waals surface area contributed by atoms with Crippen LogP contribution in [0.15, 0.2) is 18.2 Å². The molecule has 20 heavy (non-hydrogen) atoms. The lowest BCUT2D eigenvalue weighted by atomic mass is 9.76. The number of halogens is 2. The minimum absolute atomic E-state index is 0.0450. The zero-order valence-electron chi connectivity index (χ0n) is 11.9. The molecule has 4 heteroatoms. The van der Waals surface area contributed by atoms with Crippen LogP contribution in [0.5, 0.6) is 0 Å². The van der Waals surface area contributed by atoms with E-state index in [4.69, 9.17) is 4.74 Å². The average molecular weight is 282 g/mol. The van der Waals surface area contributed by atoms with Gasteiger partial charge in [-0.1, -0.05) is 13.8 Å². The van der Waals surface area contributed by atoms with Gasteiger partial charge < -0.3 is 4.74 Å². The van der Waals surface area contributed by atoms with E-state index in [0.717, 1.165) is 43.9 Å². The fourth-order valence-electron chi connectivity index (χ4n) is 2.52. The molecule has 1 fully saturated rings. The van der Waals surface area contributed by atoms with Crippen LogP contribution in [-0.4, -0.2) is 18.5 Å². The van der Waals surface area contributed by atoms with Crippen molar-refractivity contribution in [3.63, 3.8) is 0 Å². The van der Waals surface area contributed by atoms with Crippen molar-refractivity contribution in [3.05, 3.63) is 35.4 Å². The molecule has 0 radical (unpaired) electrons. The van der Waals surface area contributed by atoms with E-state index in [9.17, 15) is 13.6 Å². The van der Waals surface area contributed by atoms with Gasteiger partial charge in [-0.2, -0.15) is 0 Å². The molecule has 110 valence electrons. The van der Waals surface area contributed by atoms with Crippen LogP contribution in [0.3, 0.4) is 0 Å². The van der Waals surface area contributed by atoms with Gasteiger partial charge in [0.05, 0.1) is 11.7 Å². The van der Waals surface area contributed by atoms with Gasteiger partial charge in [0.1, 0.15) is 18.2 Å². The van der Waals surface area contributed by atoms with Gasteiger partial charge in [0, 0.05) is 0 Å². The molecule has 0 unspecified atom stereocenters. The Morgan fingerprint density at radius 3 is 2.60 bits per heavy atom. The molecule has 0 aromatic heterocycles. The van der Waals surface area contributed by atoms with Crippen LogP contribution in [-0.2, 0) is 4.74 Å². The van der Waals surface area contributed by atoms with Gasteiger partial charge >= 0.3 is 0 Å². The molecule has 0 atom stereocenters. The minimum Gasteiger partial charge on any atom is -0.370 e. The minimum atomic E-state index is -0.704. The molecule has 1 aliphatic carbocycles. The molecule has 1 aliphatic rings. The highest BCUT2D eigenvalue weighted by molar-refractivity contribution is 5.97. The topological polar surface area (TPSA) is 26.3 Å². The van der Waals surface area contributed by atoms with E-state index < -0.39 is 17.4 Å². The summed E-state index contributed by atoms with van der Waals surface area (Å²) in [6, 6.07) is 2.88. The Hall–Kier alpha value is -1.29. The molecule has 0 spiro atoms. The van der Waals surface area contributed by atoms with Crippen LogP contribution in [0.2, 0.25) is 0 Å². The van der Waals surface area contributed by atoms with Crippen molar-refractivity contribution in [3.8, 4) is 0 Å². The second-order valence-corrected chi connectivity index (χ2v) is 6.22. The second kappa shape index (κ2) is 6.00. The number of Topliss-reactive ketones (excluding diaryl/α,β-unsaturated/α-hetero) is 1. The molecule has 0 aliphatic heterocycles. The van der Waals surface area contributed by atoms with Crippen molar-refractivity contribution in [2.24, 2.45) is 5.41 Å². The van der Waals surface area contributed by atoms with E-state index in [1.54, 1.807) is 0 Å². The van der Waals surface area contributed by atoms with E-state index >= 15 is 0 Å². The van der Waals surface area contributed by atoms with Gasteiger partial charge in [0.15, 0.2) is 5.78 Å². The third-order valence-electron chi connectivity index (χ3n) is 3.97. The number of carbonyl (C=O) groups is 1. The zero-order valence-corrected chi connectivity index (χ0v) is 11.9. The first-order valence-electron chi connectivity index (χ1n) is 6.97. The van der Waals surface area contributed by atoms with E-state index in [-0.39, 0.29) is 18.3 Å². The third-order valence-corrected chi connectivity index (χ3v) is 3.97. The maximum absolute atomic E-state index is 13.4. The maximum Gasteiger partial charge on any atom is 0.191 e. The number of ketones is 1. The molecule has 0 bridgehead atoms. The summed E-state index contributed by atoms with van der Waals surface area (Å²) in [5.41, 5.74) is 0.0968. The Labute approximate surface area is 118 Å². The quantitative estimate of drug-likeness (QED) is 0.776. The normalized spacial score (nSPS) is 19.0. The maximum atomic E-state index is 13.4. The van der Waals surface area contributed by atoms with Gasteiger partial charge in [-0.05, 0) is 49.3 Å². The Morgan fingerprint density at radius 2 is 1.95 bits per heavy atom. The van der Waals surface area contributed by atoms with Crippen molar-refractivity contribution < 1.29 is 18.3 Å². The summed E-state index contributed by atoms with van der Waals surface area (Å²) in [4.78, 5) is 11.9. The van der Waals surface area contributed by atoms with Gasteiger partial charge in [-0.15, -0.1) is 0 Å². The van der Waals surface area contributed by atoms with E-state index in [2.05, 4.69) is 13.8 Å². The predicted molar refractivity (Wildman–Crippen MR) is 72.7 cm³/mol. The summed E-state index contributed by atoms with van der Waals surface area (Å²) in [5, 5.41) is 0. The Bertz CT molecular complexity index is 487. The Morgan fingerprint density at radius 1 is 1.30 bits per heavy atom. The highest BCUT2D eigenvalue weighted by atomic mass is 19.1. The first kappa shape index (κ1) is 15.1. The lowest BCUT2D eigenvalue weighted by Gasteiger charge is -2.34. The summed E-state index contributed by atoms with van der Waals surface area (Å²) in [6.07, 6.45) is 3.97. The van der Waals surface area contributed by atoms with Crippen molar-refractivity contribution in [2.45, 2.75) is 45.6 Å². The van der Waals surface area contributed by atoms with Crippen LogP contribution < -0.4 is 0 Å². The molecule has 1 aromatic rings. The van der Waals surface area contributed by atoms with Crippen LogP contribution in [0.1, 0.15) is 49.9 Å². The van der Waals surface area contributed by atoms with E-state index in [1.165, 1.54) is 0 Å². The van der Waals surface area contributed by atoms with Crippen LogP contribution >= 0.6 is 0 Å². The summed E-state index contributed by atoms with van der Waals surface area (Å²) in [5.74, 6) is -1.83. The molecular weight excluding hydrogens is 262 g/mol. The molecule has 0 N–H and O–H groups in total. The van der Waals surface area contributed by atoms with Crippen molar-refractivity contribution in [1.29, 1.82) is 0 Å². The molecule has 0 amide bonds. The van der Waals surface area contributed by atoms with Gasteiger partial charge in [0.2, 0.25) is 0 Å². The van der Waals surface area contributed by atoms with Crippen LogP contribution in [0, 0.1) is 17.0 Å². The van der Waals surface area contributed by atoms with Crippen molar-refractivity contribution >= 4 is 5.78 Å². The van der Waals surface area contributed by atoms with Crippen molar-refractivity contribution in [1.82, 2.24) is 0 Å². The first-order chi connectivity index (χ1) is 9.37. The van der Waals surface area contributed by atoms with Gasteiger partial charge in [0.25, 0.3) is 0 Å². The third kappa shape index (κ3) is 3.85. The highest BCUT2D eigenvalue weighted by Crippen LogP contribution is 2.36. The fraction of sp³-hybridized carbons (Fsp3) is 0.562. The van der Waals surface area contributed by atoms with Crippen LogP contribution in [0.25, 0.3) is 0 Å². The Kier molecular flexibility index (Phi) is 4.53. The number of rotatable bonds is 4. The van der Waals surface area contributed by atoms with Crippen molar-refractivity contribution in [2.75, 3.05) is 6.61 Å². The van der Waals surface area contributed by atoms with E-state index in [1.807, 2.05) is 0 Å². The largest absolute Gasteiger partial charge is 0.370 e. The fourth-order valence-corrected chi connectivity index (χ4v) is 2.52. The number of ether oxygens (including phenoxy) is 1. The summed E-state index contributed by atoms with van der Waals surface area (Å²) >= 11 is 0. The molecule has 2 nitrogen and oxygen atoms in total. The standard InChI is InChI=1S/C16H20F2O2/c1-16(2)7-5-12(6-8-16)20-10-15(19)13-9-11(17)3-4-14(13)18/h3-4,9,12H,5-8,10H2,1-2H3. The zero-order chi connectivity index (χ0) is 14.8. The molecule has 1 aromatic carbocycles. The summed E-state index contributed by atoms with van der Waals surface area (Å²) in [7, 11) is 0. The van der Waals surface area contributed by atoms with Gasteiger partial charge in [-0.3, -0.25) is 4.79 Å². The smallest absolute Gasteiger partial charge is 0.191 e. The summed E-state index contributed by atoms with van der Waals surface area (Å²) in [6.45, 7) is 4.25. The molecule has 2 rings (SSSR count). The number of hydrogen-bond acceptors (Lipinski definition) is 2. The predicted octanol–water partition coefficient (Wildman–Crippen LogP) is 4.13. The molecule has 0 saturated heterocycles. The SMILES string of the molecule is CC1(C)CCC(OCC(=O)c2cc(F)ccc2F)CC1. The average Bonchev–Trinajstić information content (AvgIpc) is 2.40.